The van der Waals surface area contributed by atoms with Crippen LogP contribution in [0.4, 0.5) is 0 Å². The van der Waals surface area contributed by atoms with Gasteiger partial charge >= 0.3 is 0 Å². The molecule has 7 heteroatoms. The van der Waals surface area contributed by atoms with Crippen LogP contribution in [0.2, 0.25) is 0 Å². The molecule has 0 atom stereocenters. The molecule has 0 aliphatic rings. The summed E-state index contributed by atoms with van der Waals surface area (Å²) >= 11 is 0. The normalized spacial score (nSPS) is 12.2. The van der Waals surface area contributed by atoms with E-state index in [0.717, 1.165) is 31.0 Å². The lowest BCUT2D eigenvalue weighted by Gasteiger charge is -2.12. The number of nitrogens with one attached hydrogen (secondary N) is 2. The van der Waals surface area contributed by atoms with Crippen LogP contribution in [0.1, 0.15) is 23.6 Å². The molecule has 6 nitrogen and oxygen atoms in total. The van der Waals surface area contributed by atoms with E-state index in [9.17, 15) is 8.42 Å². The second-order valence-electron chi connectivity index (χ2n) is 7.34. The van der Waals surface area contributed by atoms with E-state index < -0.39 is 9.84 Å². The third-order valence-electron chi connectivity index (χ3n) is 4.34. The fourth-order valence-electron chi connectivity index (χ4n) is 2.86. The van der Waals surface area contributed by atoms with Crippen LogP contribution < -0.4 is 10.6 Å². The van der Waals surface area contributed by atoms with E-state index in [1.807, 2.05) is 19.1 Å². The van der Waals surface area contributed by atoms with E-state index in [1.165, 1.54) is 17.4 Å². The Morgan fingerprint density at radius 2 is 1.52 bits per heavy atom. The number of benzene rings is 2. The van der Waals surface area contributed by atoms with E-state index >= 15 is 0 Å². The molecule has 0 saturated heterocycles. The minimum atomic E-state index is -3.15. The minimum absolute atomic E-state index is 0.348. The van der Waals surface area contributed by atoms with E-state index in [1.54, 1.807) is 12.1 Å². The van der Waals surface area contributed by atoms with Gasteiger partial charge in [-0.3, -0.25) is 0 Å². The Bertz CT molecular complexity index is 889. The second-order valence-corrected chi connectivity index (χ2v) is 9.36. The zero-order valence-electron chi connectivity index (χ0n) is 17.8. The maximum Gasteiger partial charge on any atom is 0.191 e. The molecule has 0 unspecified atom stereocenters. The summed E-state index contributed by atoms with van der Waals surface area (Å²) in [7, 11) is 0.974. The van der Waals surface area contributed by atoms with E-state index in [0.29, 0.717) is 18.0 Å². The van der Waals surface area contributed by atoms with Gasteiger partial charge in [0.15, 0.2) is 15.8 Å². The Labute approximate surface area is 175 Å². The first-order valence-corrected chi connectivity index (χ1v) is 11.7. The molecular weight excluding hydrogens is 384 g/mol. The Morgan fingerprint density at radius 1 is 0.931 bits per heavy atom. The summed E-state index contributed by atoms with van der Waals surface area (Å²) in [6.07, 6.45) is 2.01. The Morgan fingerprint density at radius 3 is 2.07 bits per heavy atom. The molecule has 2 aromatic carbocycles. The number of hydrogen-bond donors (Lipinski definition) is 2. The van der Waals surface area contributed by atoms with Crippen LogP contribution >= 0.6 is 0 Å². The third kappa shape index (κ3) is 8.25. The summed E-state index contributed by atoms with van der Waals surface area (Å²) in [6.45, 7) is 5.08. The maximum absolute atomic E-state index is 11.5. The van der Waals surface area contributed by atoms with Gasteiger partial charge in [0, 0.05) is 25.9 Å². The van der Waals surface area contributed by atoms with Gasteiger partial charge in [0.1, 0.15) is 0 Å². The van der Waals surface area contributed by atoms with Gasteiger partial charge in [-0.25, -0.2) is 13.4 Å². The Hall–Kier alpha value is -2.38. The van der Waals surface area contributed by atoms with Crippen molar-refractivity contribution in [2.45, 2.75) is 31.3 Å². The average Bonchev–Trinajstić information content (AvgIpc) is 2.66. The van der Waals surface area contributed by atoms with Crippen LogP contribution in [0.5, 0.6) is 0 Å². The summed E-state index contributed by atoms with van der Waals surface area (Å²) in [5, 5.41) is 6.59. The van der Waals surface area contributed by atoms with Crippen molar-refractivity contribution in [2.24, 2.45) is 4.99 Å². The lowest BCUT2D eigenvalue weighted by molar-refractivity contribution is 0.402. The van der Waals surface area contributed by atoms with Crippen molar-refractivity contribution < 1.29 is 8.42 Å². The highest BCUT2D eigenvalue weighted by atomic mass is 32.2. The van der Waals surface area contributed by atoms with Gasteiger partial charge in [-0.2, -0.15) is 0 Å². The monoisotopic (exact) mass is 416 g/mol. The number of guanidine groups is 1. The fraction of sp³-hybridized carbons (Fsp3) is 0.409. The standard InChI is InChI=1S/C22H32N4O2S/c1-5-23-22(25-16-19-6-8-20(9-7-19)17-26(2)3)24-15-14-18-10-12-21(13-11-18)29(4,27)28/h6-13H,5,14-17H2,1-4H3,(H2,23,24,25). The van der Waals surface area contributed by atoms with Gasteiger partial charge in [-0.05, 0) is 56.3 Å². The van der Waals surface area contributed by atoms with E-state index in [2.05, 4.69) is 58.9 Å². The molecule has 29 heavy (non-hydrogen) atoms. The van der Waals surface area contributed by atoms with Gasteiger partial charge in [-0.1, -0.05) is 36.4 Å². The van der Waals surface area contributed by atoms with Crippen LogP contribution in [-0.4, -0.2) is 52.7 Å². The summed E-state index contributed by atoms with van der Waals surface area (Å²) in [6, 6.07) is 15.6. The van der Waals surface area contributed by atoms with Crippen LogP contribution in [0.25, 0.3) is 0 Å². The summed E-state index contributed by atoms with van der Waals surface area (Å²) in [4.78, 5) is 7.15. The molecule has 0 saturated carbocycles. The molecule has 0 bridgehead atoms. The van der Waals surface area contributed by atoms with Gasteiger partial charge < -0.3 is 15.5 Å². The Kier molecular flexibility index (Phi) is 8.67. The molecule has 0 aliphatic heterocycles. The lowest BCUT2D eigenvalue weighted by atomic mass is 10.1. The molecular formula is C22H32N4O2S. The second kappa shape index (κ2) is 11.0. The predicted octanol–water partition coefficient (Wildman–Crippen LogP) is 2.45. The third-order valence-corrected chi connectivity index (χ3v) is 5.47. The van der Waals surface area contributed by atoms with Crippen molar-refractivity contribution >= 4 is 15.8 Å². The van der Waals surface area contributed by atoms with Crippen molar-refractivity contribution in [3.05, 3.63) is 65.2 Å². The largest absolute Gasteiger partial charge is 0.357 e. The lowest BCUT2D eigenvalue weighted by Crippen LogP contribution is -2.38. The van der Waals surface area contributed by atoms with Crippen molar-refractivity contribution in [3.8, 4) is 0 Å². The number of hydrogen-bond acceptors (Lipinski definition) is 4. The van der Waals surface area contributed by atoms with Gasteiger partial charge in [-0.15, -0.1) is 0 Å². The van der Waals surface area contributed by atoms with Gasteiger partial charge in [0.05, 0.1) is 11.4 Å². The molecule has 0 radical (unpaired) electrons. The average molecular weight is 417 g/mol. The van der Waals surface area contributed by atoms with Crippen LogP contribution in [0, 0.1) is 0 Å². The molecule has 2 N–H and O–H groups in total. The predicted molar refractivity (Wildman–Crippen MR) is 120 cm³/mol. The minimum Gasteiger partial charge on any atom is -0.357 e. The summed E-state index contributed by atoms with van der Waals surface area (Å²) < 4.78 is 23.1. The zero-order valence-corrected chi connectivity index (χ0v) is 18.6. The summed E-state index contributed by atoms with van der Waals surface area (Å²) in [5.41, 5.74) is 3.54. The number of nitrogens with zero attached hydrogens (tertiary/aromatic N) is 2. The van der Waals surface area contributed by atoms with Crippen LogP contribution in [-0.2, 0) is 29.3 Å². The smallest absolute Gasteiger partial charge is 0.191 e. The molecule has 0 aromatic heterocycles. The SMILES string of the molecule is CCNC(=NCc1ccc(CN(C)C)cc1)NCCc1ccc(S(C)(=O)=O)cc1. The molecule has 0 fully saturated rings. The zero-order chi connectivity index (χ0) is 21.3. The van der Waals surface area contributed by atoms with Crippen LogP contribution in [0.15, 0.2) is 58.4 Å². The first kappa shape index (κ1) is 22.9. The highest BCUT2D eigenvalue weighted by molar-refractivity contribution is 7.90. The molecule has 0 heterocycles. The molecule has 158 valence electrons. The molecule has 0 amide bonds. The van der Waals surface area contributed by atoms with Crippen molar-refractivity contribution in [3.63, 3.8) is 0 Å². The number of sulfone groups is 1. The first-order valence-electron chi connectivity index (χ1n) is 9.81. The van der Waals surface area contributed by atoms with Crippen LogP contribution in [0.3, 0.4) is 0 Å². The number of rotatable bonds is 9. The van der Waals surface area contributed by atoms with Crippen molar-refractivity contribution in [2.75, 3.05) is 33.4 Å². The topological polar surface area (TPSA) is 73.8 Å². The maximum atomic E-state index is 11.5. The molecule has 0 aliphatic carbocycles. The first-order chi connectivity index (χ1) is 13.8. The molecule has 2 rings (SSSR count). The highest BCUT2D eigenvalue weighted by Gasteiger charge is 2.06. The number of aliphatic imine (C=N–C) groups is 1. The fourth-order valence-corrected chi connectivity index (χ4v) is 3.49. The van der Waals surface area contributed by atoms with Crippen molar-refractivity contribution in [1.82, 2.24) is 15.5 Å². The van der Waals surface area contributed by atoms with Gasteiger partial charge in [0.2, 0.25) is 0 Å². The van der Waals surface area contributed by atoms with Gasteiger partial charge in [0.25, 0.3) is 0 Å². The quantitative estimate of drug-likeness (QED) is 0.485. The van der Waals surface area contributed by atoms with E-state index in [4.69, 9.17) is 0 Å². The van der Waals surface area contributed by atoms with E-state index in [-0.39, 0.29) is 0 Å². The molecule has 0 spiro atoms. The summed E-state index contributed by atoms with van der Waals surface area (Å²) in [5.74, 6) is 0.776. The Balaban J connectivity index is 1.88. The highest BCUT2D eigenvalue weighted by Crippen LogP contribution is 2.10. The van der Waals surface area contributed by atoms with Crippen molar-refractivity contribution in [1.29, 1.82) is 0 Å². The molecule has 2 aromatic rings.